The average Bonchev–Trinajstić information content (AvgIpc) is 2.45. The molecule has 1 aromatic rings. The number of nitrogens with one attached hydrogen (secondary N) is 1. The summed E-state index contributed by atoms with van der Waals surface area (Å²) < 4.78 is 18.4. The first kappa shape index (κ1) is 17.7. The Kier molecular flexibility index (Phi) is 7.47. The molecular weight excluding hydrogens is 295 g/mol. The summed E-state index contributed by atoms with van der Waals surface area (Å²) in [6.07, 6.45) is 2.15. The molecule has 0 fully saturated rings. The van der Waals surface area contributed by atoms with E-state index >= 15 is 0 Å². The van der Waals surface area contributed by atoms with Crippen LogP contribution in [0, 0.1) is 5.82 Å². The van der Waals surface area contributed by atoms with Crippen LogP contribution < -0.4 is 15.8 Å². The largest absolute Gasteiger partial charge is 0.479 e. The lowest BCUT2D eigenvalue weighted by molar-refractivity contribution is -0.128. The van der Waals surface area contributed by atoms with Crippen LogP contribution in [0.4, 0.5) is 4.39 Å². The van der Waals surface area contributed by atoms with Gasteiger partial charge >= 0.3 is 0 Å². The molecule has 0 aliphatic carbocycles. The number of benzene rings is 1. The second-order valence-electron chi connectivity index (χ2n) is 4.92. The summed E-state index contributed by atoms with van der Waals surface area (Å²) in [6, 6.07) is 3.72. The van der Waals surface area contributed by atoms with E-state index in [0.717, 1.165) is 25.3 Å². The van der Waals surface area contributed by atoms with E-state index in [0.29, 0.717) is 6.54 Å². The van der Waals surface area contributed by atoms with Crippen LogP contribution in [0.2, 0.25) is 5.02 Å². The molecular formula is C15H22ClFN2O2. The Morgan fingerprint density at radius 1 is 1.52 bits per heavy atom. The lowest BCUT2D eigenvalue weighted by Gasteiger charge is -2.20. The van der Waals surface area contributed by atoms with Gasteiger partial charge in [-0.2, -0.15) is 0 Å². The van der Waals surface area contributed by atoms with Crippen LogP contribution in [-0.4, -0.2) is 24.6 Å². The molecule has 21 heavy (non-hydrogen) atoms. The van der Waals surface area contributed by atoms with Crippen molar-refractivity contribution in [1.29, 1.82) is 0 Å². The summed E-state index contributed by atoms with van der Waals surface area (Å²) in [7, 11) is 0. The Morgan fingerprint density at radius 2 is 2.24 bits per heavy atom. The summed E-state index contributed by atoms with van der Waals surface area (Å²) in [4.78, 5) is 12.0. The number of halogens is 2. The molecule has 0 aromatic heterocycles. The van der Waals surface area contributed by atoms with Gasteiger partial charge in [-0.3, -0.25) is 4.79 Å². The molecule has 0 heterocycles. The molecule has 1 aromatic carbocycles. The highest BCUT2D eigenvalue weighted by atomic mass is 35.5. The van der Waals surface area contributed by atoms with Gasteiger partial charge in [0.2, 0.25) is 0 Å². The Balaban J connectivity index is 2.57. The second-order valence-corrected chi connectivity index (χ2v) is 5.33. The number of rotatable bonds is 8. The number of amides is 1. The fourth-order valence-corrected chi connectivity index (χ4v) is 2.04. The maximum absolute atomic E-state index is 12.9. The average molecular weight is 317 g/mol. The number of nitrogens with two attached hydrogens (primary N) is 1. The Bertz CT molecular complexity index is 471. The molecule has 0 spiro atoms. The van der Waals surface area contributed by atoms with Gasteiger partial charge in [-0.1, -0.05) is 31.4 Å². The number of hydrogen-bond acceptors (Lipinski definition) is 3. The zero-order valence-electron chi connectivity index (χ0n) is 12.4. The van der Waals surface area contributed by atoms with Crippen molar-refractivity contribution in [3.8, 4) is 5.75 Å². The van der Waals surface area contributed by atoms with Gasteiger partial charge in [0.25, 0.3) is 5.91 Å². The van der Waals surface area contributed by atoms with E-state index in [9.17, 15) is 9.18 Å². The van der Waals surface area contributed by atoms with Crippen molar-refractivity contribution >= 4 is 17.5 Å². The molecule has 0 saturated carbocycles. The molecule has 3 N–H and O–H groups in total. The molecule has 1 rings (SSSR count). The summed E-state index contributed by atoms with van der Waals surface area (Å²) in [5, 5.41) is 2.98. The maximum Gasteiger partial charge on any atom is 0.261 e. The zero-order valence-corrected chi connectivity index (χ0v) is 13.1. The van der Waals surface area contributed by atoms with Crippen molar-refractivity contribution in [1.82, 2.24) is 5.32 Å². The van der Waals surface area contributed by atoms with Gasteiger partial charge in [-0.05, 0) is 31.5 Å². The third-order valence-electron chi connectivity index (χ3n) is 3.10. The Labute approximate surface area is 129 Å². The highest BCUT2D eigenvalue weighted by molar-refractivity contribution is 6.32. The predicted molar refractivity (Wildman–Crippen MR) is 82.0 cm³/mol. The molecule has 4 nitrogen and oxygen atoms in total. The molecule has 0 saturated heterocycles. The van der Waals surface area contributed by atoms with Crippen LogP contribution in [0.3, 0.4) is 0 Å². The fourth-order valence-electron chi connectivity index (χ4n) is 1.83. The lowest BCUT2D eigenvalue weighted by Crippen LogP contribution is -2.45. The van der Waals surface area contributed by atoms with Crippen molar-refractivity contribution < 1.29 is 13.9 Å². The third-order valence-corrected chi connectivity index (χ3v) is 3.40. The van der Waals surface area contributed by atoms with Crippen LogP contribution in [0.5, 0.6) is 5.75 Å². The second kappa shape index (κ2) is 8.85. The summed E-state index contributed by atoms with van der Waals surface area (Å²) in [6.45, 7) is 4.08. The highest BCUT2D eigenvalue weighted by Gasteiger charge is 2.19. The first-order valence-electron chi connectivity index (χ1n) is 7.10. The van der Waals surface area contributed by atoms with E-state index in [4.69, 9.17) is 22.1 Å². The van der Waals surface area contributed by atoms with Crippen LogP contribution in [0.25, 0.3) is 0 Å². The van der Waals surface area contributed by atoms with E-state index in [-0.39, 0.29) is 22.7 Å². The molecule has 2 unspecified atom stereocenters. The highest BCUT2D eigenvalue weighted by Crippen LogP contribution is 2.25. The van der Waals surface area contributed by atoms with E-state index in [1.54, 1.807) is 6.92 Å². The van der Waals surface area contributed by atoms with Gasteiger partial charge in [-0.15, -0.1) is 0 Å². The quantitative estimate of drug-likeness (QED) is 0.775. The SMILES string of the molecule is CCCCC(CN)NC(=O)C(C)Oc1ccc(F)cc1Cl. The molecule has 0 aliphatic heterocycles. The van der Waals surface area contributed by atoms with Gasteiger partial charge in [0, 0.05) is 12.6 Å². The van der Waals surface area contributed by atoms with Crippen LogP contribution in [0.15, 0.2) is 18.2 Å². The van der Waals surface area contributed by atoms with Crippen molar-refractivity contribution in [3.05, 3.63) is 29.0 Å². The van der Waals surface area contributed by atoms with E-state index in [1.165, 1.54) is 12.1 Å². The van der Waals surface area contributed by atoms with Crippen molar-refractivity contribution in [3.63, 3.8) is 0 Å². The number of ether oxygens (including phenoxy) is 1. The smallest absolute Gasteiger partial charge is 0.261 e. The monoisotopic (exact) mass is 316 g/mol. The molecule has 118 valence electrons. The zero-order chi connectivity index (χ0) is 15.8. The van der Waals surface area contributed by atoms with Gasteiger partial charge in [0.05, 0.1) is 5.02 Å². The maximum atomic E-state index is 12.9. The Morgan fingerprint density at radius 3 is 2.81 bits per heavy atom. The standard InChI is InChI=1S/C15H22ClFN2O2/c1-3-4-5-12(9-18)19-15(20)10(2)21-14-7-6-11(17)8-13(14)16/h6-8,10,12H,3-5,9,18H2,1-2H3,(H,19,20). The van der Waals surface area contributed by atoms with Crippen LogP contribution in [-0.2, 0) is 4.79 Å². The Hall–Kier alpha value is -1.33. The summed E-state index contributed by atoms with van der Waals surface area (Å²) in [5.74, 6) is -0.437. The minimum atomic E-state index is -0.733. The minimum absolute atomic E-state index is 0.0628. The number of hydrogen-bond donors (Lipinski definition) is 2. The first-order valence-corrected chi connectivity index (χ1v) is 7.47. The van der Waals surface area contributed by atoms with Crippen molar-refractivity contribution in [2.24, 2.45) is 5.73 Å². The molecule has 1 amide bonds. The van der Waals surface area contributed by atoms with Crippen molar-refractivity contribution in [2.75, 3.05) is 6.54 Å². The molecule has 0 bridgehead atoms. The predicted octanol–water partition coefficient (Wildman–Crippen LogP) is 2.88. The molecule has 0 radical (unpaired) electrons. The number of carbonyl (C=O) groups excluding carboxylic acids is 1. The third kappa shape index (κ3) is 5.89. The van der Waals surface area contributed by atoms with Gasteiger partial charge < -0.3 is 15.8 Å². The molecule has 0 aliphatic rings. The van der Waals surface area contributed by atoms with E-state index in [1.807, 2.05) is 0 Å². The lowest BCUT2D eigenvalue weighted by atomic mass is 10.1. The van der Waals surface area contributed by atoms with Crippen LogP contribution >= 0.6 is 11.6 Å². The fraction of sp³-hybridized carbons (Fsp3) is 0.533. The molecule has 2 atom stereocenters. The van der Waals surface area contributed by atoms with E-state index < -0.39 is 11.9 Å². The van der Waals surface area contributed by atoms with E-state index in [2.05, 4.69) is 12.2 Å². The molecule has 6 heteroatoms. The summed E-state index contributed by atoms with van der Waals surface area (Å²) in [5.41, 5.74) is 5.64. The van der Waals surface area contributed by atoms with Gasteiger partial charge in [-0.25, -0.2) is 4.39 Å². The van der Waals surface area contributed by atoms with Gasteiger partial charge in [0.1, 0.15) is 11.6 Å². The van der Waals surface area contributed by atoms with Crippen molar-refractivity contribution in [2.45, 2.75) is 45.3 Å². The summed E-state index contributed by atoms with van der Waals surface area (Å²) >= 11 is 5.86. The number of carbonyl (C=O) groups is 1. The van der Waals surface area contributed by atoms with Gasteiger partial charge in [0.15, 0.2) is 6.10 Å². The normalized spacial score (nSPS) is 13.6. The van der Waals surface area contributed by atoms with Crippen LogP contribution in [0.1, 0.15) is 33.1 Å². The topological polar surface area (TPSA) is 64.3 Å². The minimum Gasteiger partial charge on any atom is -0.479 e. The first-order chi connectivity index (χ1) is 9.97. The number of unbranched alkanes of at least 4 members (excludes halogenated alkanes) is 1.